The zero-order valence-electron chi connectivity index (χ0n) is 42.7. The van der Waals surface area contributed by atoms with E-state index >= 15 is 0 Å². The number of aliphatic hydroxyl groups excluding tert-OH is 2. The van der Waals surface area contributed by atoms with Crippen LogP contribution < -0.4 is 41.4 Å². The molecule has 0 spiro atoms. The quantitative estimate of drug-likeness (QED) is 0.0410. The molecule has 8 N–H and O–H groups in total. The Morgan fingerprint density at radius 1 is 0.529 bits per heavy atom. The second kappa shape index (κ2) is 29.8. The molecule has 6 amide bonds. The van der Waals surface area contributed by atoms with E-state index in [9.17, 15) is 48.6 Å². The van der Waals surface area contributed by atoms with E-state index in [1.54, 1.807) is 59.7 Å². The van der Waals surface area contributed by atoms with Gasteiger partial charge in [-0.3, -0.25) is 28.8 Å². The van der Waals surface area contributed by atoms with Crippen molar-refractivity contribution in [1.82, 2.24) is 36.9 Å². The molecule has 392 valence electrons. The fourth-order valence-electron chi connectivity index (χ4n) is 7.01. The van der Waals surface area contributed by atoms with Gasteiger partial charge < -0.3 is 61.1 Å². The van der Waals surface area contributed by atoms with Gasteiger partial charge in [-0.05, 0) is 68.6 Å². The Labute approximate surface area is 411 Å². The Morgan fingerprint density at radius 3 is 1.30 bits per heavy atom. The normalized spacial score (nSPS) is 15.6. The highest BCUT2D eigenvalue weighted by Gasteiger charge is 2.36. The molecule has 10 atom stereocenters. The number of hydrogen-bond acceptors (Lipinski definition) is 15. The predicted octanol–water partition coefficient (Wildman–Crippen LogP) is 1.97. The van der Waals surface area contributed by atoms with Crippen LogP contribution in [0.3, 0.4) is 0 Å². The molecular formula is C49H77N7O14. The largest absolute Gasteiger partial charge is 0.494 e. The van der Waals surface area contributed by atoms with E-state index in [0.717, 1.165) is 5.39 Å². The first-order chi connectivity index (χ1) is 33.0. The van der Waals surface area contributed by atoms with Gasteiger partial charge in [0.05, 0.1) is 45.2 Å². The van der Waals surface area contributed by atoms with Crippen LogP contribution in [0.2, 0.25) is 0 Å². The Morgan fingerprint density at radius 2 is 0.914 bits per heavy atom. The van der Waals surface area contributed by atoms with Crippen LogP contribution in [0.25, 0.3) is 10.9 Å². The van der Waals surface area contributed by atoms with Crippen molar-refractivity contribution < 1.29 is 67.5 Å². The molecule has 2 aromatic rings. The lowest BCUT2D eigenvalue weighted by atomic mass is 9.97. The number of ether oxygens (including phenoxy) is 4. The Hall–Kier alpha value is -6.09. The van der Waals surface area contributed by atoms with Crippen LogP contribution >= 0.6 is 0 Å². The minimum absolute atomic E-state index is 0.00560. The number of esters is 2. The van der Waals surface area contributed by atoms with Gasteiger partial charge in [0.25, 0.3) is 0 Å². The number of nitrogens with zero attached hydrogens (tertiary/aromatic N) is 1. The van der Waals surface area contributed by atoms with Gasteiger partial charge in [-0.1, -0.05) is 68.2 Å². The van der Waals surface area contributed by atoms with Crippen molar-refractivity contribution in [3.8, 4) is 11.6 Å². The molecule has 0 saturated heterocycles. The number of carbonyl (C=O) groups is 8. The number of aromatic nitrogens is 1. The number of hydrogen-bond donors (Lipinski definition) is 8. The molecule has 2 rings (SSSR count). The molecule has 0 aliphatic rings. The fraction of sp³-hybridized carbons (Fsp3) is 0.653. The number of rotatable bonds is 30. The summed E-state index contributed by atoms with van der Waals surface area (Å²) >= 11 is 0. The van der Waals surface area contributed by atoms with Crippen LogP contribution in [0, 0.1) is 23.7 Å². The van der Waals surface area contributed by atoms with Crippen molar-refractivity contribution in [1.29, 1.82) is 0 Å². The van der Waals surface area contributed by atoms with Crippen LogP contribution in [-0.4, -0.2) is 138 Å². The third kappa shape index (κ3) is 19.0. The van der Waals surface area contributed by atoms with Crippen molar-refractivity contribution in [3.05, 3.63) is 30.3 Å². The molecule has 0 radical (unpaired) electrons. The first-order valence-electron chi connectivity index (χ1n) is 24.0. The lowest BCUT2D eigenvalue weighted by Gasteiger charge is -2.29. The molecule has 0 unspecified atom stereocenters. The summed E-state index contributed by atoms with van der Waals surface area (Å²) in [5, 5.41) is 37.2. The van der Waals surface area contributed by atoms with E-state index in [-0.39, 0.29) is 56.1 Å². The third-order valence-corrected chi connectivity index (χ3v) is 11.8. The smallest absolute Gasteiger partial charge is 0.328 e. The molecule has 1 heterocycles. The molecule has 1 aromatic carbocycles. The highest BCUT2D eigenvalue weighted by Crippen LogP contribution is 2.23. The summed E-state index contributed by atoms with van der Waals surface area (Å²) in [6, 6.07) is 1.93. The number of methoxy groups -OCH3 is 2. The van der Waals surface area contributed by atoms with Gasteiger partial charge in [0, 0.05) is 30.4 Å². The van der Waals surface area contributed by atoms with E-state index in [1.807, 2.05) is 26.0 Å². The topological polar surface area (TPSA) is 299 Å². The lowest BCUT2D eigenvalue weighted by molar-refractivity contribution is -0.147. The maximum Gasteiger partial charge on any atom is 0.328 e. The summed E-state index contributed by atoms with van der Waals surface area (Å²) in [4.78, 5) is 108. The molecule has 21 nitrogen and oxygen atoms in total. The van der Waals surface area contributed by atoms with E-state index in [1.165, 1.54) is 28.1 Å². The minimum Gasteiger partial charge on any atom is -0.494 e. The van der Waals surface area contributed by atoms with Gasteiger partial charge in [-0.25, -0.2) is 14.6 Å². The minimum atomic E-state index is -1.41. The van der Waals surface area contributed by atoms with Gasteiger partial charge in [0.15, 0.2) is 0 Å². The van der Waals surface area contributed by atoms with Crippen LogP contribution in [0.1, 0.15) is 108 Å². The number of fused-ring (bicyclic) bond motifs is 1. The zero-order valence-corrected chi connectivity index (χ0v) is 42.7. The Kier molecular flexibility index (Phi) is 25.6. The monoisotopic (exact) mass is 988 g/mol. The Bertz CT molecular complexity index is 1930. The van der Waals surface area contributed by atoms with Gasteiger partial charge >= 0.3 is 11.9 Å². The number of nitrogens with one attached hydrogen (secondary N) is 6. The van der Waals surface area contributed by atoms with Crippen molar-refractivity contribution in [2.24, 2.45) is 23.7 Å². The number of pyridine rings is 1. The first-order valence-corrected chi connectivity index (χ1v) is 24.0. The van der Waals surface area contributed by atoms with Gasteiger partial charge in [0.1, 0.15) is 42.0 Å². The van der Waals surface area contributed by atoms with Crippen molar-refractivity contribution in [2.45, 2.75) is 156 Å². The molecular weight excluding hydrogens is 911 g/mol. The summed E-state index contributed by atoms with van der Waals surface area (Å²) in [6.45, 7) is 17.0. The molecule has 0 aliphatic carbocycles. The molecule has 0 bridgehead atoms. The average molecular weight is 988 g/mol. The molecule has 0 fully saturated rings. The molecule has 21 heteroatoms. The standard InChI is InChI=1S/C49H77N7O14/c1-13-28(7)40(44(61)55-42(30(9)57)46(63)53-38(26(3)4)48(65)67-11)51-35(59)17-15-23-69-33-21-19-32-20-22-37(50-34(32)25-33)70-24-16-18-36(60)52-41(29(8)14-2)45(62)56-43(31(10)58)47(64)54-39(27(5)6)49(66)68-12/h19-22,25-31,38-43,57-58H,13-18,23-24H2,1-12H3,(H,51,59)(H,52,60)(H,53,63)(H,54,64)(H,55,61)(H,56,62)/t28-,29-,30+,31+,38-,39-,40-,41-,42-,43-/m0/s1. The maximum atomic E-state index is 13.5. The third-order valence-electron chi connectivity index (χ3n) is 11.8. The summed E-state index contributed by atoms with van der Waals surface area (Å²) in [5.41, 5.74) is 0.568. The highest BCUT2D eigenvalue weighted by atomic mass is 16.5. The van der Waals surface area contributed by atoms with Gasteiger partial charge in [0.2, 0.25) is 41.3 Å². The second-order valence-electron chi connectivity index (χ2n) is 18.2. The summed E-state index contributed by atoms with van der Waals surface area (Å²) in [6.07, 6.45) is -1.01. The summed E-state index contributed by atoms with van der Waals surface area (Å²) < 4.78 is 21.3. The number of benzene rings is 1. The first kappa shape index (κ1) is 60.0. The van der Waals surface area contributed by atoms with Gasteiger partial charge in [-0.2, -0.15) is 0 Å². The summed E-state index contributed by atoms with van der Waals surface area (Å²) in [5.74, 6) is -5.64. The van der Waals surface area contributed by atoms with E-state index in [4.69, 9.17) is 18.9 Å². The van der Waals surface area contributed by atoms with Crippen molar-refractivity contribution in [2.75, 3.05) is 27.4 Å². The lowest BCUT2D eigenvalue weighted by Crippen LogP contribution is -2.60. The average Bonchev–Trinajstić information content (AvgIpc) is 3.32. The zero-order chi connectivity index (χ0) is 52.8. The predicted molar refractivity (Wildman–Crippen MR) is 259 cm³/mol. The number of carbonyl (C=O) groups excluding carboxylic acids is 8. The number of amides is 6. The number of aliphatic hydroxyl groups is 2. The fourth-order valence-corrected chi connectivity index (χ4v) is 7.01. The van der Waals surface area contributed by atoms with Crippen molar-refractivity contribution in [3.63, 3.8) is 0 Å². The second-order valence-corrected chi connectivity index (χ2v) is 18.2. The van der Waals surface area contributed by atoms with E-state index in [2.05, 4.69) is 36.9 Å². The molecule has 0 saturated carbocycles. The van der Waals surface area contributed by atoms with Crippen LogP contribution in [0.5, 0.6) is 11.6 Å². The van der Waals surface area contributed by atoms with Crippen molar-refractivity contribution >= 4 is 58.3 Å². The van der Waals surface area contributed by atoms with Crippen LogP contribution in [0.15, 0.2) is 30.3 Å². The molecule has 1 aromatic heterocycles. The van der Waals surface area contributed by atoms with E-state index < -0.39 is 95.8 Å². The SMILES string of the molecule is CC[C@H](C)[C@H](NC(=O)CCCOc1ccc2ccc(OCCCC(=O)N[C@H](C(=O)N[C@H](C(=O)N[C@H](C(=O)OC)C(C)C)[C@@H](C)O)[C@@H](C)CC)nc2c1)C(=O)N[C@H](C(=O)N[C@H](C(=O)OC)C(C)C)[C@@H](C)O. The van der Waals surface area contributed by atoms with Crippen LogP contribution in [0.4, 0.5) is 0 Å². The van der Waals surface area contributed by atoms with Crippen LogP contribution in [-0.2, 0) is 47.8 Å². The molecule has 0 aliphatic heterocycles. The summed E-state index contributed by atoms with van der Waals surface area (Å²) in [7, 11) is 2.38. The highest BCUT2D eigenvalue weighted by molar-refractivity contribution is 5.95. The maximum absolute atomic E-state index is 13.5. The molecule has 70 heavy (non-hydrogen) atoms. The van der Waals surface area contributed by atoms with Gasteiger partial charge in [-0.15, -0.1) is 0 Å². The Balaban J connectivity index is 1.96. The van der Waals surface area contributed by atoms with E-state index in [0.29, 0.717) is 36.4 Å².